The van der Waals surface area contributed by atoms with Gasteiger partial charge in [0.25, 0.3) is 0 Å². The SMILES string of the molecule is COc1ccc(CN[C@@H](C)C2CCCC2)cc1Br. The third kappa shape index (κ3) is 3.48. The van der Waals surface area contributed by atoms with Gasteiger partial charge in [-0.05, 0) is 59.3 Å². The lowest BCUT2D eigenvalue weighted by atomic mass is 9.99. The molecule has 1 saturated carbocycles. The first-order valence-electron chi connectivity index (χ1n) is 6.76. The minimum Gasteiger partial charge on any atom is -0.496 e. The van der Waals surface area contributed by atoms with Crippen molar-refractivity contribution in [2.24, 2.45) is 5.92 Å². The molecule has 0 bridgehead atoms. The van der Waals surface area contributed by atoms with Crippen LogP contribution in [0.2, 0.25) is 0 Å². The number of hydrogen-bond donors (Lipinski definition) is 1. The van der Waals surface area contributed by atoms with Crippen molar-refractivity contribution in [2.45, 2.75) is 45.2 Å². The summed E-state index contributed by atoms with van der Waals surface area (Å²) in [6.45, 7) is 3.24. The van der Waals surface area contributed by atoms with Gasteiger partial charge in [0.1, 0.15) is 5.75 Å². The Morgan fingerprint density at radius 2 is 2.11 bits per heavy atom. The molecule has 1 atom stereocenters. The van der Waals surface area contributed by atoms with Gasteiger partial charge in [-0.1, -0.05) is 18.9 Å². The molecule has 1 aromatic rings. The van der Waals surface area contributed by atoms with Gasteiger partial charge in [-0.2, -0.15) is 0 Å². The number of rotatable bonds is 5. The van der Waals surface area contributed by atoms with Crippen LogP contribution >= 0.6 is 15.9 Å². The lowest BCUT2D eigenvalue weighted by Gasteiger charge is -2.20. The fourth-order valence-electron chi connectivity index (χ4n) is 2.72. The van der Waals surface area contributed by atoms with Crippen LogP contribution in [0.25, 0.3) is 0 Å². The van der Waals surface area contributed by atoms with Crippen molar-refractivity contribution in [3.8, 4) is 5.75 Å². The Bertz CT molecular complexity index is 388. The molecule has 2 nitrogen and oxygen atoms in total. The summed E-state index contributed by atoms with van der Waals surface area (Å²) in [5, 5.41) is 3.64. The van der Waals surface area contributed by atoms with Crippen LogP contribution in [0.3, 0.4) is 0 Å². The van der Waals surface area contributed by atoms with E-state index in [0.29, 0.717) is 6.04 Å². The molecule has 1 fully saturated rings. The van der Waals surface area contributed by atoms with Crippen molar-refractivity contribution < 1.29 is 4.74 Å². The van der Waals surface area contributed by atoms with Crippen LogP contribution in [-0.2, 0) is 6.54 Å². The molecule has 100 valence electrons. The second-order valence-corrected chi connectivity index (χ2v) is 6.04. The van der Waals surface area contributed by atoms with E-state index < -0.39 is 0 Å². The fraction of sp³-hybridized carbons (Fsp3) is 0.600. The van der Waals surface area contributed by atoms with E-state index in [0.717, 1.165) is 22.7 Å². The summed E-state index contributed by atoms with van der Waals surface area (Å²) in [4.78, 5) is 0. The zero-order valence-corrected chi connectivity index (χ0v) is 12.8. The van der Waals surface area contributed by atoms with Crippen molar-refractivity contribution in [3.05, 3.63) is 28.2 Å². The molecule has 1 N–H and O–H groups in total. The molecular weight excluding hydrogens is 290 g/mol. The maximum atomic E-state index is 5.24. The highest BCUT2D eigenvalue weighted by atomic mass is 79.9. The number of benzene rings is 1. The molecule has 18 heavy (non-hydrogen) atoms. The number of methoxy groups -OCH3 is 1. The third-order valence-corrected chi connectivity index (χ3v) is 4.57. The lowest BCUT2D eigenvalue weighted by molar-refractivity contribution is 0.380. The average Bonchev–Trinajstić information content (AvgIpc) is 2.90. The van der Waals surface area contributed by atoms with Crippen LogP contribution < -0.4 is 10.1 Å². The normalized spacial score (nSPS) is 17.9. The van der Waals surface area contributed by atoms with Crippen LogP contribution in [0.5, 0.6) is 5.75 Å². The van der Waals surface area contributed by atoms with Gasteiger partial charge in [-0.25, -0.2) is 0 Å². The van der Waals surface area contributed by atoms with Gasteiger partial charge in [0.2, 0.25) is 0 Å². The summed E-state index contributed by atoms with van der Waals surface area (Å²) in [6, 6.07) is 6.89. The predicted octanol–water partition coefficient (Wildman–Crippen LogP) is 4.13. The zero-order valence-electron chi connectivity index (χ0n) is 11.2. The lowest BCUT2D eigenvalue weighted by Crippen LogP contribution is -2.31. The smallest absolute Gasteiger partial charge is 0.133 e. The summed E-state index contributed by atoms with van der Waals surface area (Å²) >= 11 is 3.53. The molecule has 1 aliphatic rings. The van der Waals surface area contributed by atoms with E-state index >= 15 is 0 Å². The molecule has 0 heterocycles. The summed E-state index contributed by atoms with van der Waals surface area (Å²) in [6.07, 6.45) is 5.59. The van der Waals surface area contributed by atoms with Gasteiger partial charge in [0, 0.05) is 12.6 Å². The highest BCUT2D eigenvalue weighted by molar-refractivity contribution is 9.10. The standard InChI is InChI=1S/C15H22BrNO/c1-11(13-5-3-4-6-13)17-10-12-7-8-15(18-2)14(16)9-12/h7-9,11,13,17H,3-6,10H2,1-2H3/t11-/m0/s1. The van der Waals surface area contributed by atoms with Crippen molar-refractivity contribution in [2.75, 3.05) is 7.11 Å². The average molecular weight is 312 g/mol. The van der Waals surface area contributed by atoms with E-state index in [2.05, 4.69) is 40.3 Å². The Balaban J connectivity index is 1.87. The molecule has 0 aromatic heterocycles. The molecule has 1 aromatic carbocycles. The highest BCUT2D eigenvalue weighted by Crippen LogP contribution is 2.28. The second kappa shape index (κ2) is 6.58. The van der Waals surface area contributed by atoms with Crippen molar-refractivity contribution >= 4 is 15.9 Å². The van der Waals surface area contributed by atoms with Crippen LogP contribution in [0.1, 0.15) is 38.2 Å². The Hall–Kier alpha value is -0.540. The van der Waals surface area contributed by atoms with E-state index in [4.69, 9.17) is 4.74 Å². The first-order valence-corrected chi connectivity index (χ1v) is 7.56. The molecule has 0 saturated heterocycles. The molecule has 0 aliphatic heterocycles. The third-order valence-electron chi connectivity index (χ3n) is 3.95. The van der Waals surface area contributed by atoms with Crippen molar-refractivity contribution in [1.29, 1.82) is 0 Å². The van der Waals surface area contributed by atoms with Gasteiger partial charge < -0.3 is 10.1 Å². The van der Waals surface area contributed by atoms with Crippen LogP contribution in [0.4, 0.5) is 0 Å². The Morgan fingerprint density at radius 1 is 1.39 bits per heavy atom. The minimum atomic E-state index is 0.619. The molecule has 0 spiro atoms. The minimum absolute atomic E-state index is 0.619. The Morgan fingerprint density at radius 3 is 2.72 bits per heavy atom. The van der Waals surface area contributed by atoms with Gasteiger partial charge in [0.05, 0.1) is 11.6 Å². The number of nitrogens with one attached hydrogen (secondary N) is 1. The first-order chi connectivity index (χ1) is 8.70. The maximum Gasteiger partial charge on any atom is 0.133 e. The fourth-order valence-corrected chi connectivity index (χ4v) is 3.31. The quantitative estimate of drug-likeness (QED) is 0.883. The molecule has 2 rings (SSSR count). The Kier molecular flexibility index (Phi) is 5.07. The van der Waals surface area contributed by atoms with E-state index in [1.165, 1.54) is 31.2 Å². The topological polar surface area (TPSA) is 21.3 Å². The summed E-state index contributed by atoms with van der Waals surface area (Å²) < 4.78 is 6.27. The van der Waals surface area contributed by atoms with Crippen LogP contribution in [-0.4, -0.2) is 13.2 Å². The van der Waals surface area contributed by atoms with Gasteiger partial charge in [-0.15, -0.1) is 0 Å². The van der Waals surface area contributed by atoms with Crippen molar-refractivity contribution in [3.63, 3.8) is 0 Å². The van der Waals surface area contributed by atoms with Gasteiger partial charge >= 0.3 is 0 Å². The van der Waals surface area contributed by atoms with E-state index in [9.17, 15) is 0 Å². The molecule has 0 amide bonds. The predicted molar refractivity (Wildman–Crippen MR) is 79.0 cm³/mol. The molecule has 0 unspecified atom stereocenters. The molecule has 0 radical (unpaired) electrons. The number of hydrogen-bond acceptors (Lipinski definition) is 2. The van der Waals surface area contributed by atoms with E-state index in [-0.39, 0.29) is 0 Å². The maximum absolute atomic E-state index is 5.24. The summed E-state index contributed by atoms with van der Waals surface area (Å²) in [5.74, 6) is 1.76. The first kappa shape index (κ1) is 13.9. The van der Waals surface area contributed by atoms with E-state index in [1.807, 2.05) is 6.07 Å². The molecule has 1 aliphatic carbocycles. The van der Waals surface area contributed by atoms with Gasteiger partial charge in [-0.3, -0.25) is 0 Å². The monoisotopic (exact) mass is 311 g/mol. The van der Waals surface area contributed by atoms with Crippen LogP contribution in [0, 0.1) is 5.92 Å². The Labute approximate surface area is 118 Å². The van der Waals surface area contributed by atoms with Crippen molar-refractivity contribution in [1.82, 2.24) is 5.32 Å². The zero-order chi connectivity index (χ0) is 13.0. The van der Waals surface area contributed by atoms with E-state index in [1.54, 1.807) is 7.11 Å². The molecule has 3 heteroatoms. The largest absolute Gasteiger partial charge is 0.496 e. The second-order valence-electron chi connectivity index (χ2n) is 5.18. The summed E-state index contributed by atoms with van der Waals surface area (Å²) in [5.41, 5.74) is 1.30. The number of ether oxygens (including phenoxy) is 1. The summed E-state index contributed by atoms with van der Waals surface area (Å²) in [7, 11) is 1.69. The van der Waals surface area contributed by atoms with Crippen LogP contribution in [0.15, 0.2) is 22.7 Å². The highest BCUT2D eigenvalue weighted by Gasteiger charge is 2.20. The molecular formula is C15H22BrNO. The number of halogens is 1. The van der Waals surface area contributed by atoms with Gasteiger partial charge in [0.15, 0.2) is 0 Å².